The zero-order valence-electron chi connectivity index (χ0n) is 28.1. The maximum atomic E-state index is 13.2. The molecule has 2 aromatic carbocycles. The van der Waals surface area contributed by atoms with Crippen LogP contribution in [0.5, 0.6) is 5.75 Å². The maximum absolute atomic E-state index is 13.2. The van der Waals surface area contributed by atoms with Gasteiger partial charge < -0.3 is 19.5 Å². The van der Waals surface area contributed by atoms with Gasteiger partial charge in [-0.15, -0.1) is 0 Å². The number of aryl methyl sites for hydroxylation is 1. The van der Waals surface area contributed by atoms with Gasteiger partial charge >= 0.3 is 0 Å². The Labute approximate surface area is 283 Å². The molecule has 11 heteroatoms. The molecule has 5 amide bonds. The number of imide groups is 2. The number of carbonyl (C=O) groups is 5. The number of hydrogen-bond donors (Lipinski definition) is 2. The number of amides is 5. The SMILES string of the molecule is CCCCCCCCc1ccc(OCCOCCOCCCCCC(=O)Nc2cccc3c2C(=O)N(C2CCC(=O)NC2=O)C3=O)cc1. The van der Waals surface area contributed by atoms with E-state index in [0.717, 1.165) is 29.9 Å². The third-order valence-electron chi connectivity index (χ3n) is 8.55. The molecular weight excluding hydrogens is 614 g/mol. The van der Waals surface area contributed by atoms with Crippen LogP contribution in [-0.2, 0) is 30.3 Å². The lowest BCUT2D eigenvalue weighted by Crippen LogP contribution is -2.54. The molecule has 2 heterocycles. The van der Waals surface area contributed by atoms with Gasteiger partial charge in [0.05, 0.1) is 36.6 Å². The molecule has 0 aliphatic carbocycles. The first-order valence-corrected chi connectivity index (χ1v) is 17.4. The van der Waals surface area contributed by atoms with Gasteiger partial charge in [0.15, 0.2) is 0 Å². The predicted octanol–water partition coefficient (Wildman–Crippen LogP) is 5.60. The van der Waals surface area contributed by atoms with Crippen LogP contribution in [0.3, 0.4) is 0 Å². The minimum Gasteiger partial charge on any atom is -0.491 e. The average molecular weight is 664 g/mol. The Morgan fingerprint density at radius 3 is 2.29 bits per heavy atom. The van der Waals surface area contributed by atoms with Gasteiger partial charge in [0, 0.05) is 19.4 Å². The number of piperidine rings is 1. The zero-order chi connectivity index (χ0) is 34.1. The van der Waals surface area contributed by atoms with E-state index in [2.05, 4.69) is 29.7 Å². The molecular formula is C37H49N3O8. The summed E-state index contributed by atoms with van der Waals surface area (Å²) in [6.45, 7) is 4.73. The standard InChI is InChI=1S/C37H49N3O8/c1-2-3-4-5-6-8-12-27-16-18-28(19-17-27)48-26-25-47-24-23-46-22-10-7-9-15-32(41)38-30-14-11-13-29-34(30)37(45)40(36(29)44)31-20-21-33(42)39-35(31)43/h11,13-14,16-19,31H,2-10,12,15,20-26H2,1H3,(H,38,41)(H,39,42,43). The predicted molar refractivity (Wildman–Crippen MR) is 181 cm³/mol. The minimum absolute atomic E-state index is 0.0386. The van der Waals surface area contributed by atoms with Crippen molar-refractivity contribution in [1.82, 2.24) is 10.2 Å². The van der Waals surface area contributed by atoms with Gasteiger partial charge in [-0.3, -0.25) is 34.2 Å². The summed E-state index contributed by atoms with van der Waals surface area (Å²) in [6, 6.07) is 11.9. The normalized spacial score (nSPS) is 15.9. The van der Waals surface area contributed by atoms with Crippen molar-refractivity contribution in [3.63, 3.8) is 0 Å². The summed E-state index contributed by atoms with van der Waals surface area (Å²) in [7, 11) is 0. The molecule has 1 fully saturated rings. The van der Waals surface area contributed by atoms with E-state index >= 15 is 0 Å². The lowest BCUT2D eigenvalue weighted by atomic mass is 10.0. The summed E-state index contributed by atoms with van der Waals surface area (Å²) in [6.07, 6.45) is 11.5. The molecule has 2 aliphatic heterocycles. The number of nitrogens with one attached hydrogen (secondary N) is 2. The van der Waals surface area contributed by atoms with E-state index in [0.29, 0.717) is 39.5 Å². The number of benzene rings is 2. The molecule has 11 nitrogen and oxygen atoms in total. The highest BCUT2D eigenvalue weighted by Gasteiger charge is 2.45. The molecule has 0 bridgehead atoms. The molecule has 0 spiro atoms. The number of anilines is 1. The molecule has 4 rings (SSSR count). The van der Waals surface area contributed by atoms with Crippen LogP contribution in [0, 0.1) is 0 Å². The first-order chi connectivity index (χ1) is 23.4. The second-order valence-electron chi connectivity index (χ2n) is 12.3. The van der Waals surface area contributed by atoms with Gasteiger partial charge in [0.25, 0.3) is 11.8 Å². The molecule has 2 aromatic rings. The van der Waals surface area contributed by atoms with E-state index in [-0.39, 0.29) is 42.0 Å². The molecule has 1 saturated heterocycles. The van der Waals surface area contributed by atoms with Crippen LogP contribution in [0.4, 0.5) is 5.69 Å². The Morgan fingerprint density at radius 2 is 1.52 bits per heavy atom. The topological polar surface area (TPSA) is 140 Å². The first-order valence-electron chi connectivity index (χ1n) is 17.4. The fraction of sp³-hybridized carbons (Fsp3) is 0.541. The molecule has 260 valence electrons. The third kappa shape index (κ3) is 11.0. The van der Waals surface area contributed by atoms with Crippen LogP contribution < -0.4 is 15.4 Å². The monoisotopic (exact) mass is 663 g/mol. The van der Waals surface area contributed by atoms with E-state index in [1.54, 1.807) is 12.1 Å². The molecule has 2 aliphatic rings. The van der Waals surface area contributed by atoms with E-state index in [1.165, 1.54) is 50.2 Å². The quantitative estimate of drug-likeness (QED) is 0.123. The van der Waals surface area contributed by atoms with Crippen molar-refractivity contribution in [3.8, 4) is 5.75 Å². The average Bonchev–Trinajstić information content (AvgIpc) is 3.33. The van der Waals surface area contributed by atoms with Crippen molar-refractivity contribution >= 4 is 35.2 Å². The van der Waals surface area contributed by atoms with Crippen molar-refractivity contribution in [3.05, 3.63) is 59.2 Å². The van der Waals surface area contributed by atoms with Crippen LogP contribution in [0.1, 0.15) is 110 Å². The van der Waals surface area contributed by atoms with Crippen LogP contribution >= 0.6 is 0 Å². The largest absolute Gasteiger partial charge is 0.491 e. The van der Waals surface area contributed by atoms with Gasteiger partial charge in [-0.1, -0.05) is 63.6 Å². The van der Waals surface area contributed by atoms with E-state index in [1.807, 2.05) is 12.1 Å². The Bertz CT molecular complexity index is 1390. The molecule has 0 aromatic heterocycles. The second-order valence-corrected chi connectivity index (χ2v) is 12.3. The van der Waals surface area contributed by atoms with Crippen molar-refractivity contribution in [1.29, 1.82) is 0 Å². The summed E-state index contributed by atoms with van der Waals surface area (Å²) in [5.74, 6) is -1.81. The number of hydrogen-bond acceptors (Lipinski definition) is 8. The summed E-state index contributed by atoms with van der Waals surface area (Å²) in [4.78, 5) is 63.5. The Kier molecular flexibility index (Phi) is 15.1. The fourth-order valence-corrected chi connectivity index (χ4v) is 5.90. The molecule has 0 saturated carbocycles. The second kappa shape index (κ2) is 19.7. The molecule has 1 unspecified atom stereocenters. The Balaban J connectivity index is 1.02. The Hall–Kier alpha value is -4.09. The van der Waals surface area contributed by atoms with Gasteiger partial charge in [-0.25, -0.2) is 0 Å². The number of rotatable bonds is 22. The van der Waals surface area contributed by atoms with Gasteiger partial charge in [-0.05, 0) is 61.9 Å². The minimum atomic E-state index is -1.06. The number of fused-ring (bicyclic) bond motifs is 1. The van der Waals surface area contributed by atoms with Crippen molar-refractivity contribution in [2.45, 2.75) is 96.4 Å². The van der Waals surface area contributed by atoms with Crippen molar-refractivity contribution < 1.29 is 38.2 Å². The zero-order valence-corrected chi connectivity index (χ0v) is 28.1. The Morgan fingerprint density at radius 1 is 0.812 bits per heavy atom. The van der Waals surface area contributed by atoms with Crippen molar-refractivity contribution in [2.75, 3.05) is 38.4 Å². The third-order valence-corrected chi connectivity index (χ3v) is 8.55. The van der Waals surface area contributed by atoms with Crippen LogP contribution in [0.15, 0.2) is 42.5 Å². The lowest BCUT2D eigenvalue weighted by Gasteiger charge is -2.27. The number of unbranched alkanes of at least 4 members (excludes halogenated alkanes) is 7. The number of nitrogens with zero attached hydrogens (tertiary/aromatic N) is 1. The summed E-state index contributed by atoms with van der Waals surface area (Å²) >= 11 is 0. The van der Waals surface area contributed by atoms with Gasteiger partial charge in [0.1, 0.15) is 18.4 Å². The van der Waals surface area contributed by atoms with E-state index in [9.17, 15) is 24.0 Å². The highest BCUT2D eigenvalue weighted by Crippen LogP contribution is 2.32. The molecule has 2 N–H and O–H groups in total. The highest BCUT2D eigenvalue weighted by molar-refractivity contribution is 6.26. The fourth-order valence-electron chi connectivity index (χ4n) is 5.90. The van der Waals surface area contributed by atoms with Crippen LogP contribution in [0.25, 0.3) is 0 Å². The molecule has 0 radical (unpaired) electrons. The summed E-state index contributed by atoms with van der Waals surface area (Å²) in [5.41, 5.74) is 1.77. The van der Waals surface area contributed by atoms with Gasteiger partial charge in [-0.2, -0.15) is 0 Å². The summed E-state index contributed by atoms with van der Waals surface area (Å²) in [5, 5.41) is 4.92. The van der Waals surface area contributed by atoms with E-state index < -0.39 is 29.7 Å². The molecule has 48 heavy (non-hydrogen) atoms. The van der Waals surface area contributed by atoms with Crippen LogP contribution in [-0.4, -0.2) is 73.5 Å². The number of carbonyl (C=O) groups excluding carboxylic acids is 5. The highest BCUT2D eigenvalue weighted by atomic mass is 16.5. The van der Waals surface area contributed by atoms with Crippen LogP contribution in [0.2, 0.25) is 0 Å². The summed E-state index contributed by atoms with van der Waals surface area (Å²) < 4.78 is 17.0. The maximum Gasteiger partial charge on any atom is 0.264 e. The molecule has 1 atom stereocenters. The van der Waals surface area contributed by atoms with E-state index in [4.69, 9.17) is 14.2 Å². The van der Waals surface area contributed by atoms with Crippen molar-refractivity contribution in [2.24, 2.45) is 0 Å². The smallest absolute Gasteiger partial charge is 0.264 e. The number of ether oxygens (including phenoxy) is 3. The first kappa shape index (κ1) is 36.7. The van der Waals surface area contributed by atoms with Gasteiger partial charge in [0.2, 0.25) is 17.7 Å². The lowest BCUT2D eigenvalue weighted by molar-refractivity contribution is -0.136.